The van der Waals surface area contributed by atoms with E-state index in [9.17, 15) is 4.79 Å². The fraction of sp³-hybridized carbons (Fsp3) is 0.111. The van der Waals surface area contributed by atoms with Crippen LogP contribution < -0.4 is 4.90 Å². The second-order valence-electron chi connectivity index (χ2n) is 5.21. The molecular formula is C18H14N2O2. The maximum Gasteiger partial charge on any atom is 0.416 e. The Hall–Kier alpha value is -2.88. The van der Waals surface area contributed by atoms with Gasteiger partial charge in [-0.05, 0) is 29.8 Å². The number of amides is 1. The Balaban J connectivity index is 1.73. The summed E-state index contributed by atoms with van der Waals surface area (Å²) >= 11 is 0. The molecule has 2 aliphatic heterocycles. The van der Waals surface area contributed by atoms with Gasteiger partial charge in [0.25, 0.3) is 0 Å². The Morgan fingerprint density at radius 3 is 2.36 bits per heavy atom. The molecule has 0 aromatic heterocycles. The maximum absolute atomic E-state index is 12.2. The third-order valence-corrected chi connectivity index (χ3v) is 3.81. The quantitative estimate of drug-likeness (QED) is 0.850. The fourth-order valence-corrected chi connectivity index (χ4v) is 2.76. The molecule has 108 valence electrons. The minimum Gasteiger partial charge on any atom is -0.437 e. The summed E-state index contributed by atoms with van der Waals surface area (Å²) < 4.78 is 5.41. The van der Waals surface area contributed by atoms with Crippen LogP contribution in [0.5, 0.6) is 0 Å². The third-order valence-electron chi connectivity index (χ3n) is 3.81. The summed E-state index contributed by atoms with van der Waals surface area (Å²) in [5.74, 6) is 0. The molecule has 1 amide bonds. The van der Waals surface area contributed by atoms with Crippen molar-refractivity contribution in [3.05, 3.63) is 78.4 Å². The predicted molar refractivity (Wildman–Crippen MR) is 85.1 cm³/mol. The first-order valence-corrected chi connectivity index (χ1v) is 7.19. The molecule has 22 heavy (non-hydrogen) atoms. The number of carbonyl (C=O) groups is 1. The van der Waals surface area contributed by atoms with Crippen LogP contribution in [0, 0.1) is 0 Å². The highest BCUT2D eigenvalue weighted by atomic mass is 16.6. The van der Waals surface area contributed by atoms with Crippen molar-refractivity contribution in [3.8, 4) is 0 Å². The van der Waals surface area contributed by atoms with E-state index < -0.39 is 0 Å². The van der Waals surface area contributed by atoms with Crippen LogP contribution in [0.25, 0.3) is 0 Å². The standard InChI is InChI=1S/C18H14N2O2/c21-18-20(14-9-5-2-6-10-14)17-16(22-18)12-11-15(19-17)13-7-3-1-4-8-13/h1-12,16-17H/t16-,17+/m1/s1. The summed E-state index contributed by atoms with van der Waals surface area (Å²) in [7, 11) is 0. The molecule has 2 heterocycles. The largest absolute Gasteiger partial charge is 0.437 e. The van der Waals surface area contributed by atoms with Gasteiger partial charge in [0, 0.05) is 5.69 Å². The molecule has 1 fully saturated rings. The van der Waals surface area contributed by atoms with Crippen LogP contribution in [0.2, 0.25) is 0 Å². The Bertz CT molecular complexity index is 753. The summed E-state index contributed by atoms with van der Waals surface area (Å²) in [6.07, 6.45) is 2.78. The SMILES string of the molecule is O=C1O[C@@H]2C=CC(c3ccccc3)=N[C@H]2N1c1ccccc1. The van der Waals surface area contributed by atoms with Gasteiger partial charge in [0.1, 0.15) is 0 Å². The van der Waals surface area contributed by atoms with Gasteiger partial charge in [-0.3, -0.25) is 9.89 Å². The Labute approximate surface area is 128 Å². The summed E-state index contributed by atoms with van der Waals surface area (Å²) in [6, 6.07) is 19.4. The minimum absolute atomic E-state index is 0.333. The summed E-state index contributed by atoms with van der Waals surface area (Å²) in [5, 5.41) is 0. The molecule has 4 rings (SSSR count). The van der Waals surface area contributed by atoms with Crippen molar-refractivity contribution in [2.24, 2.45) is 4.99 Å². The summed E-state index contributed by atoms with van der Waals surface area (Å²) in [4.78, 5) is 18.5. The molecule has 4 heteroatoms. The molecule has 0 unspecified atom stereocenters. The topological polar surface area (TPSA) is 41.9 Å². The van der Waals surface area contributed by atoms with Crippen molar-refractivity contribution in [1.82, 2.24) is 0 Å². The molecule has 2 aromatic rings. The Morgan fingerprint density at radius 1 is 0.955 bits per heavy atom. The zero-order valence-electron chi connectivity index (χ0n) is 11.8. The van der Waals surface area contributed by atoms with Crippen LogP contribution in [-0.2, 0) is 4.74 Å². The van der Waals surface area contributed by atoms with Crippen molar-refractivity contribution in [2.75, 3.05) is 4.90 Å². The van der Waals surface area contributed by atoms with E-state index in [1.807, 2.05) is 72.8 Å². The normalized spacial score (nSPS) is 23.0. The molecule has 0 N–H and O–H groups in total. The lowest BCUT2D eigenvalue weighted by atomic mass is 10.1. The fourth-order valence-electron chi connectivity index (χ4n) is 2.76. The van der Waals surface area contributed by atoms with E-state index in [0.717, 1.165) is 17.0 Å². The number of hydrogen-bond donors (Lipinski definition) is 0. The second-order valence-corrected chi connectivity index (χ2v) is 5.21. The number of anilines is 1. The predicted octanol–water partition coefficient (Wildman–Crippen LogP) is 3.40. The zero-order chi connectivity index (χ0) is 14.9. The molecule has 0 bridgehead atoms. The minimum atomic E-state index is -0.357. The van der Waals surface area contributed by atoms with Crippen LogP contribution >= 0.6 is 0 Å². The number of fused-ring (bicyclic) bond motifs is 1. The lowest BCUT2D eigenvalue weighted by molar-refractivity contribution is 0.154. The van der Waals surface area contributed by atoms with Gasteiger partial charge < -0.3 is 4.74 Å². The molecule has 0 saturated carbocycles. The first-order valence-electron chi connectivity index (χ1n) is 7.19. The molecule has 1 saturated heterocycles. The summed E-state index contributed by atoms with van der Waals surface area (Å²) in [6.45, 7) is 0. The number of nitrogens with zero attached hydrogens (tertiary/aromatic N) is 2. The number of benzene rings is 2. The molecule has 2 atom stereocenters. The van der Waals surface area contributed by atoms with Gasteiger partial charge in [-0.15, -0.1) is 0 Å². The van der Waals surface area contributed by atoms with Gasteiger partial charge in [0.15, 0.2) is 12.3 Å². The number of allylic oxidation sites excluding steroid dienone is 1. The van der Waals surface area contributed by atoms with Gasteiger partial charge >= 0.3 is 6.09 Å². The van der Waals surface area contributed by atoms with Crippen molar-refractivity contribution in [3.63, 3.8) is 0 Å². The number of ether oxygens (including phenoxy) is 1. The number of rotatable bonds is 2. The molecule has 2 aliphatic rings. The van der Waals surface area contributed by atoms with Gasteiger partial charge in [0.2, 0.25) is 0 Å². The maximum atomic E-state index is 12.2. The first-order chi connectivity index (χ1) is 10.8. The van der Waals surface area contributed by atoms with Crippen LogP contribution in [0.3, 0.4) is 0 Å². The Morgan fingerprint density at radius 2 is 1.64 bits per heavy atom. The lowest BCUT2D eigenvalue weighted by Crippen LogP contribution is -2.36. The van der Waals surface area contributed by atoms with Crippen LogP contribution in [-0.4, -0.2) is 24.1 Å². The van der Waals surface area contributed by atoms with E-state index in [-0.39, 0.29) is 18.4 Å². The van der Waals surface area contributed by atoms with Crippen LogP contribution in [0.1, 0.15) is 5.56 Å². The lowest BCUT2D eigenvalue weighted by Gasteiger charge is -2.23. The number of aliphatic imine (C=N–C) groups is 1. The molecule has 0 spiro atoms. The molecule has 4 nitrogen and oxygen atoms in total. The average Bonchev–Trinajstić information content (AvgIpc) is 2.91. The van der Waals surface area contributed by atoms with E-state index in [1.54, 1.807) is 4.90 Å². The molecule has 0 aliphatic carbocycles. The van der Waals surface area contributed by atoms with Gasteiger partial charge in [0.05, 0.1) is 5.71 Å². The molecular weight excluding hydrogens is 276 g/mol. The monoisotopic (exact) mass is 290 g/mol. The van der Waals surface area contributed by atoms with Crippen LogP contribution in [0.15, 0.2) is 77.8 Å². The highest BCUT2D eigenvalue weighted by Gasteiger charge is 2.42. The van der Waals surface area contributed by atoms with E-state index in [1.165, 1.54) is 0 Å². The highest BCUT2D eigenvalue weighted by molar-refractivity contribution is 6.10. The molecule has 0 radical (unpaired) electrons. The van der Waals surface area contributed by atoms with Crippen LogP contribution in [0.4, 0.5) is 10.5 Å². The van der Waals surface area contributed by atoms with Gasteiger partial charge in [-0.1, -0.05) is 48.5 Å². The average molecular weight is 290 g/mol. The van der Waals surface area contributed by atoms with Crippen molar-refractivity contribution >= 4 is 17.5 Å². The highest BCUT2D eigenvalue weighted by Crippen LogP contribution is 2.30. The van der Waals surface area contributed by atoms with Gasteiger partial charge in [-0.25, -0.2) is 4.79 Å². The van der Waals surface area contributed by atoms with Crippen molar-refractivity contribution in [2.45, 2.75) is 12.3 Å². The number of dihydropyridines is 1. The van der Waals surface area contributed by atoms with E-state index in [0.29, 0.717) is 0 Å². The van der Waals surface area contributed by atoms with E-state index in [4.69, 9.17) is 9.73 Å². The first kappa shape index (κ1) is 12.8. The van der Waals surface area contributed by atoms with Gasteiger partial charge in [-0.2, -0.15) is 0 Å². The van der Waals surface area contributed by atoms with Crippen molar-refractivity contribution in [1.29, 1.82) is 0 Å². The number of para-hydroxylation sites is 1. The Kier molecular flexibility index (Phi) is 3.00. The molecule has 2 aromatic carbocycles. The third kappa shape index (κ3) is 2.09. The number of hydrogen-bond acceptors (Lipinski definition) is 3. The summed E-state index contributed by atoms with van der Waals surface area (Å²) in [5.41, 5.74) is 2.69. The second kappa shape index (κ2) is 5.15. The number of carbonyl (C=O) groups excluding carboxylic acids is 1. The van der Waals surface area contributed by atoms with Crippen molar-refractivity contribution < 1.29 is 9.53 Å². The van der Waals surface area contributed by atoms with E-state index in [2.05, 4.69) is 0 Å². The smallest absolute Gasteiger partial charge is 0.416 e. The zero-order valence-corrected chi connectivity index (χ0v) is 11.8. The van der Waals surface area contributed by atoms with E-state index >= 15 is 0 Å².